The van der Waals surface area contributed by atoms with E-state index in [9.17, 15) is 4.79 Å². The van der Waals surface area contributed by atoms with Gasteiger partial charge < -0.3 is 20.1 Å². The number of rotatable bonds is 18. The molecule has 5 nitrogen and oxygen atoms in total. The lowest BCUT2D eigenvalue weighted by Gasteiger charge is -2.14. The van der Waals surface area contributed by atoms with Crippen molar-refractivity contribution in [3.8, 4) is 5.75 Å². The molecule has 0 heterocycles. The first kappa shape index (κ1) is 27.4. The maximum absolute atomic E-state index is 12.1. The number of unbranched alkanes of at least 4 members (excludes halogenated alkanes) is 10. The van der Waals surface area contributed by atoms with E-state index in [1.807, 2.05) is 31.2 Å². The Morgan fingerprint density at radius 3 is 2.13 bits per heavy atom. The van der Waals surface area contributed by atoms with Gasteiger partial charge in [-0.25, -0.2) is 0 Å². The number of ether oxygens (including phenoxy) is 2. The third-order valence-corrected chi connectivity index (χ3v) is 5.29. The summed E-state index contributed by atoms with van der Waals surface area (Å²) in [5.74, 6) is 0.646. The maximum atomic E-state index is 12.1. The van der Waals surface area contributed by atoms with Gasteiger partial charge in [0.2, 0.25) is 5.91 Å². The molecule has 0 aromatic heterocycles. The van der Waals surface area contributed by atoms with Gasteiger partial charge in [-0.2, -0.15) is 0 Å². The minimum absolute atomic E-state index is 0.0387. The Balaban J connectivity index is 2.12. The second kappa shape index (κ2) is 19.1. The average molecular weight is 451 g/mol. The van der Waals surface area contributed by atoms with Gasteiger partial charge in [-0.1, -0.05) is 83.3 Å². The molecular weight excluding hydrogens is 408 g/mol. The van der Waals surface area contributed by atoms with Gasteiger partial charge >= 0.3 is 0 Å². The number of para-hydroxylation sites is 2. The van der Waals surface area contributed by atoms with Crippen LogP contribution in [0.15, 0.2) is 24.3 Å². The Labute approximate surface area is 194 Å². The van der Waals surface area contributed by atoms with Crippen LogP contribution in [0.3, 0.4) is 0 Å². The fourth-order valence-electron chi connectivity index (χ4n) is 3.34. The van der Waals surface area contributed by atoms with Gasteiger partial charge in [-0.05, 0) is 37.7 Å². The summed E-state index contributed by atoms with van der Waals surface area (Å²) in [6, 6.07) is 7.53. The molecule has 0 atom stereocenters. The first-order valence-electron chi connectivity index (χ1n) is 12.1. The van der Waals surface area contributed by atoms with Crippen molar-refractivity contribution in [1.82, 2.24) is 5.32 Å². The molecule has 0 saturated carbocycles. The van der Waals surface area contributed by atoms with Gasteiger partial charge in [0, 0.05) is 13.0 Å². The number of benzene rings is 1. The molecule has 0 aliphatic carbocycles. The normalized spacial score (nSPS) is 10.6. The van der Waals surface area contributed by atoms with Gasteiger partial charge in [0.15, 0.2) is 5.11 Å². The van der Waals surface area contributed by atoms with E-state index in [0.29, 0.717) is 37.1 Å². The highest BCUT2D eigenvalue weighted by Crippen LogP contribution is 2.23. The highest BCUT2D eigenvalue weighted by Gasteiger charge is 2.08. The quantitative estimate of drug-likeness (QED) is 0.194. The lowest BCUT2D eigenvalue weighted by atomic mass is 10.1. The number of carbonyl (C=O) groups excluding carboxylic acids is 1. The van der Waals surface area contributed by atoms with Crippen LogP contribution < -0.4 is 15.4 Å². The zero-order valence-electron chi connectivity index (χ0n) is 19.5. The zero-order valence-corrected chi connectivity index (χ0v) is 20.4. The van der Waals surface area contributed by atoms with E-state index >= 15 is 0 Å². The van der Waals surface area contributed by atoms with E-state index in [1.165, 1.54) is 57.8 Å². The van der Waals surface area contributed by atoms with Crippen LogP contribution in [0.5, 0.6) is 5.75 Å². The second-order valence-corrected chi connectivity index (χ2v) is 8.24. The number of hydrogen-bond donors (Lipinski definition) is 2. The van der Waals surface area contributed by atoms with Crippen LogP contribution in [0.2, 0.25) is 0 Å². The molecule has 0 aliphatic heterocycles. The summed E-state index contributed by atoms with van der Waals surface area (Å²) in [6.45, 7) is 5.87. The fraction of sp³-hybridized carbons (Fsp3) is 0.680. The number of nitrogens with one attached hydrogen (secondary N) is 2. The van der Waals surface area contributed by atoms with Crippen molar-refractivity contribution in [2.24, 2.45) is 0 Å². The Bertz CT molecular complexity index is 610. The summed E-state index contributed by atoms with van der Waals surface area (Å²) in [5.41, 5.74) is 0.735. The van der Waals surface area contributed by atoms with Gasteiger partial charge in [0.1, 0.15) is 12.4 Å². The van der Waals surface area contributed by atoms with E-state index in [2.05, 4.69) is 17.6 Å². The minimum Gasteiger partial charge on any atom is -0.489 e. The minimum atomic E-state index is -0.0387. The Kier molecular flexibility index (Phi) is 16.8. The maximum Gasteiger partial charge on any atom is 0.226 e. The summed E-state index contributed by atoms with van der Waals surface area (Å²) >= 11 is 5.29. The van der Waals surface area contributed by atoms with Crippen LogP contribution in [0.25, 0.3) is 0 Å². The number of anilines is 1. The van der Waals surface area contributed by atoms with Crippen LogP contribution in [0.1, 0.15) is 90.9 Å². The number of hydrogen-bond acceptors (Lipinski definition) is 4. The molecule has 0 spiro atoms. The van der Waals surface area contributed by atoms with Crippen molar-refractivity contribution in [2.45, 2.75) is 90.9 Å². The molecule has 1 rings (SSSR count). The SMILES string of the molecule is CCCCCCCCCCCCCC(=O)NC(=S)Nc1ccccc1OCCOCC. The van der Waals surface area contributed by atoms with E-state index in [0.717, 1.165) is 18.5 Å². The molecule has 0 bridgehead atoms. The fourth-order valence-corrected chi connectivity index (χ4v) is 3.57. The Morgan fingerprint density at radius 2 is 1.48 bits per heavy atom. The van der Waals surface area contributed by atoms with Crippen LogP contribution in [-0.4, -0.2) is 30.8 Å². The first-order valence-corrected chi connectivity index (χ1v) is 12.5. The van der Waals surface area contributed by atoms with Crippen molar-refractivity contribution in [2.75, 3.05) is 25.1 Å². The highest BCUT2D eigenvalue weighted by atomic mass is 32.1. The van der Waals surface area contributed by atoms with E-state index in [1.54, 1.807) is 0 Å². The predicted molar refractivity (Wildman–Crippen MR) is 134 cm³/mol. The molecule has 2 N–H and O–H groups in total. The molecule has 0 saturated heterocycles. The molecule has 1 aromatic rings. The van der Waals surface area contributed by atoms with E-state index in [-0.39, 0.29) is 5.91 Å². The predicted octanol–water partition coefficient (Wildman–Crippen LogP) is 6.62. The van der Waals surface area contributed by atoms with Gasteiger partial charge in [0.05, 0.1) is 12.3 Å². The van der Waals surface area contributed by atoms with Crippen molar-refractivity contribution in [3.63, 3.8) is 0 Å². The lowest BCUT2D eigenvalue weighted by Crippen LogP contribution is -2.34. The number of carbonyl (C=O) groups is 1. The summed E-state index contributed by atoms with van der Waals surface area (Å²) in [5, 5.41) is 6.13. The first-order chi connectivity index (χ1) is 15.2. The highest BCUT2D eigenvalue weighted by molar-refractivity contribution is 7.80. The summed E-state index contributed by atoms with van der Waals surface area (Å²) in [6.07, 6.45) is 14.5. The smallest absolute Gasteiger partial charge is 0.226 e. The Hall–Kier alpha value is -1.66. The van der Waals surface area contributed by atoms with E-state index in [4.69, 9.17) is 21.7 Å². The van der Waals surface area contributed by atoms with Gasteiger partial charge in [-0.15, -0.1) is 0 Å². The molecule has 176 valence electrons. The molecule has 0 radical (unpaired) electrons. The monoisotopic (exact) mass is 450 g/mol. The molecule has 1 amide bonds. The largest absolute Gasteiger partial charge is 0.489 e. The molecule has 31 heavy (non-hydrogen) atoms. The molecule has 0 unspecified atom stereocenters. The van der Waals surface area contributed by atoms with Crippen molar-refractivity contribution < 1.29 is 14.3 Å². The van der Waals surface area contributed by atoms with Crippen molar-refractivity contribution in [3.05, 3.63) is 24.3 Å². The third-order valence-electron chi connectivity index (χ3n) is 5.08. The van der Waals surface area contributed by atoms with Crippen LogP contribution >= 0.6 is 12.2 Å². The summed E-state index contributed by atoms with van der Waals surface area (Å²) in [7, 11) is 0. The standard InChI is InChI=1S/C25H42N2O3S/c1-3-5-6-7-8-9-10-11-12-13-14-19-24(28)27-25(31)26-22-17-15-16-18-23(22)30-21-20-29-4-2/h15-18H,3-14,19-21H2,1-2H3,(H2,26,27,28,31). The van der Waals surface area contributed by atoms with E-state index < -0.39 is 0 Å². The van der Waals surface area contributed by atoms with Crippen molar-refractivity contribution in [1.29, 1.82) is 0 Å². The Morgan fingerprint density at radius 1 is 0.871 bits per heavy atom. The molecular formula is C25H42N2O3S. The molecule has 6 heteroatoms. The van der Waals surface area contributed by atoms with Gasteiger partial charge in [0.25, 0.3) is 0 Å². The molecule has 1 aromatic carbocycles. The summed E-state index contributed by atoms with van der Waals surface area (Å²) < 4.78 is 11.0. The number of thiocarbonyl (C=S) groups is 1. The molecule has 0 aliphatic rings. The van der Waals surface area contributed by atoms with Crippen LogP contribution in [0.4, 0.5) is 5.69 Å². The lowest BCUT2D eigenvalue weighted by molar-refractivity contribution is -0.119. The average Bonchev–Trinajstić information content (AvgIpc) is 2.76. The third kappa shape index (κ3) is 14.9. The van der Waals surface area contributed by atoms with Crippen LogP contribution in [-0.2, 0) is 9.53 Å². The molecule has 0 fully saturated rings. The van der Waals surface area contributed by atoms with Gasteiger partial charge in [-0.3, -0.25) is 4.79 Å². The second-order valence-electron chi connectivity index (χ2n) is 7.83. The summed E-state index contributed by atoms with van der Waals surface area (Å²) in [4.78, 5) is 12.1. The van der Waals surface area contributed by atoms with Crippen LogP contribution in [0, 0.1) is 0 Å². The topological polar surface area (TPSA) is 59.6 Å². The van der Waals surface area contributed by atoms with Crippen molar-refractivity contribution >= 4 is 28.9 Å². The number of amides is 1. The zero-order chi connectivity index (χ0) is 22.6.